The zero-order valence-corrected chi connectivity index (χ0v) is 7.57. The summed E-state index contributed by atoms with van der Waals surface area (Å²) < 4.78 is 0. The van der Waals surface area contributed by atoms with Crippen molar-refractivity contribution in [2.24, 2.45) is 0 Å². The van der Waals surface area contributed by atoms with E-state index in [1.54, 1.807) is 0 Å². The average Bonchev–Trinajstić information content (AvgIpc) is 2.16. The highest BCUT2D eigenvalue weighted by molar-refractivity contribution is 6.00. The van der Waals surface area contributed by atoms with Gasteiger partial charge in [-0.25, -0.2) is 4.79 Å². The highest BCUT2D eigenvalue weighted by Crippen LogP contribution is 2.14. The largest absolute Gasteiger partial charge is 0.478 e. The van der Waals surface area contributed by atoms with E-state index < -0.39 is 5.97 Å². The molecule has 0 aliphatic carbocycles. The first-order chi connectivity index (χ1) is 6.56. The average molecular weight is 194 g/mol. The Morgan fingerprint density at radius 3 is 2.50 bits per heavy atom. The molecule has 0 heterocycles. The molecule has 0 aliphatic heterocycles. The van der Waals surface area contributed by atoms with Gasteiger partial charge in [-0.1, -0.05) is 0 Å². The number of carboxylic acids is 1. The molecule has 1 amide bonds. The Kier molecular flexibility index (Phi) is 2.71. The molecule has 0 saturated heterocycles. The first-order valence-corrected chi connectivity index (χ1v) is 3.91. The van der Waals surface area contributed by atoms with Crippen LogP contribution < -0.4 is 11.1 Å². The van der Waals surface area contributed by atoms with Gasteiger partial charge in [0.25, 0.3) is 5.91 Å². The number of carbonyl (C=O) groups is 2. The van der Waals surface area contributed by atoms with Gasteiger partial charge in [-0.2, -0.15) is 0 Å². The van der Waals surface area contributed by atoms with Crippen LogP contribution in [0.4, 0.5) is 5.69 Å². The fourth-order valence-corrected chi connectivity index (χ4v) is 1.04. The molecule has 5 nitrogen and oxygen atoms in total. The molecule has 0 spiro atoms. The van der Waals surface area contributed by atoms with Gasteiger partial charge in [0, 0.05) is 12.7 Å². The molecule has 1 rings (SSSR count). The maximum absolute atomic E-state index is 11.2. The summed E-state index contributed by atoms with van der Waals surface area (Å²) in [5.41, 5.74) is 6.01. The zero-order valence-electron chi connectivity index (χ0n) is 7.57. The summed E-state index contributed by atoms with van der Waals surface area (Å²) >= 11 is 0. The molecule has 0 fully saturated rings. The van der Waals surface area contributed by atoms with Crippen LogP contribution >= 0.6 is 0 Å². The Morgan fingerprint density at radius 2 is 2.07 bits per heavy atom. The number of benzene rings is 1. The number of carbonyl (C=O) groups excluding carboxylic acids is 1. The monoisotopic (exact) mass is 194 g/mol. The van der Waals surface area contributed by atoms with Crippen molar-refractivity contribution < 1.29 is 14.7 Å². The van der Waals surface area contributed by atoms with Crippen LogP contribution in [0.2, 0.25) is 0 Å². The second-order valence-electron chi connectivity index (χ2n) is 2.69. The number of hydrogen-bond donors (Lipinski definition) is 3. The van der Waals surface area contributed by atoms with Crippen molar-refractivity contribution in [3.8, 4) is 0 Å². The number of amides is 1. The van der Waals surface area contributed by atoms with E-state index in [4.69, 9.17) is 10.8 Å². The van der Waals surface area contributed by atoms with E-state index in [0.717, 1.165) is 0 Å². The van der Waals surface area contributed by atoms with Crippen LogP contribution in [0, 0.1) is 0 Å². The van der Waals surface area contributed by atoms with Crippen molar-refractivity contribution >= 4 is 17.6 Å². The lowest BCUT2D eigenvalue weighted by molar-refractivity contribution is 0.0696. The summed E-state index contributed by atoms with van der Waals surface area (Å²) in [4.78, 5) is 21.7. The number of nitrogens with two attached hydrogens (primary N) is 1. The van der Waals surface area contributed by atoms with Gasteiger partial charge in [-0.05, 0) is 18.2 Å². The van der Waals surface area contributed by atoms with Crippen molar-refractivity contribution in [2.75, 3.05) is 12.8 Å². The van der Waals surface area contributed by atoms with E-state index in [-0.39, 0.29) is 22.7 Å². The lowest BCUT2D eigenvalue weighted by atomic mass is 10.1. The van der Waals surface area contributed by atoms with Gasteiger partial charge in [0.15, 0.2) is 0 Å². The third-order valence-electron chi connectivity index (χ3n) is 1.77. The normalized spacial score (nSPS) is 9.50. The van der Waals surface area contributed by atoms with Crippen LogP contribution in [-0.4, -0.2) is 24.0 Å². The van der Waals surface area contributed by atoms with E-state index in [9.17, 15) is 9.59 Å². The fraction of sp³-hybridized carbons (Fsp3) is 0.111. The highest BCUT2D eigenvalue weighted by atomic mass is 16.4. The second kappa shape index (κ2) is 3.78. The number of hydrogen-bond acceptors (Lipinski definition) is 3. The number of anilines is 1. The van der Waals surface area contributed by atoms with E-state index in [2.05, 4.69) is 5.32 Å². The van der Waals surface area contributed by atoms with E-state index >= 15 is 0 Å². The Morgan fingerprint density at radius 1 is 1.43 bits per heavy atom. The lowest BCUT2D eigenvalue weighted by Gasteiger charge is -2.04. The van der Waals surface area contributed by atoms with Crippen molar-refractivity contribution in [3.05, 3.63) is 29.3 Å². The van der Waals surface area contributed by atoms with Gasteiger partial charge in [0.1, 0.15) is 0 Å². The third-order valence-corrected chi connectivity index (χ3v) is 1.77. The number of carboxylic acid groups (broad SMARTS) is 1. The van der Waals surface area contributed by atoms with Gasteiger partial charge in [-0.3, -0.25) is 4.79 Å². The van der Waals surface area contributed by atoms with Crippen molar-refractivity contribution in [2.45, 2.75) is 0 Å². The van der Waals surface area contributed by atoms with Gasteiger partial charge in [-0.15, -0.1) is 0 Å². The molecular weight excluding hydrogens is 184 g/mol. The molecule has 1 aromatic carbocycles. The molecule has 74 valence electrons. The highest BCUT2D eigenvalue weighted by Gasteiger charge is 2.10. The maximum Gasteiger partial charge on any atom is 0.335 e. The first-order valence-electron chi connectivity index (χ1n) is 3.91. The number of aromatic carboxylic acids is 1. The lowest BCUT2D eigenvalue weighted by Crippen LogP contribution is -2.19. The Labute approximate surface area is 80.5 Å². The third kappa shape index (κ3) is 1.82. The topological polar surface area (TPSA) is 92.4 Å². The quantitative estimate of drug-likeness (QED) is 0.591. The van der Waals surface area contributed by atoms with Crippen LogP contribution in [0.15, 0.2) is 18.2 Å². The number of rotatable bonds is 2. The molecule has 14 heavy (non-hydrogen) atoms. The summed E-state index contributed by atoms with van der Waals surface area (Å²) in [5.74, 6) is -1.40. The maximum atomic E-state index is 11.2. The molecule has 1 aromatic rings. The van der Waals surface area contributed by atoms with E-state index in [0.29, 0.717) is 0 Å². The second-order valence-corrected chi connectivity index (χ2v) is 2.69. The van der Waals surface area contributed by atoms with E-state index in [1.807, 2.05) is 0 Å². The molecule has 0 aliphatic rings. The van der Waals surface area contributed by atoms with Crippen LogP contribution in [0.1, 0.15) is 20.7 Å². The van der Waals surface area contributed by atoms with Crippen LogP contribution in [-0.2, 0) is 0 Å². The van der Waals surface area contributed by atoms with E-state index in [1.165, 1.54) is 25.2 Å². The van der Waals surface area contributed by atoms with Gasteiger partial charge in [0.05, 0.1) is 11.1 Å². The summed E-state index contributed by atoms with van der Waals surface area (Å²) in [6.45, 7) is 0. The molecule has 0 atom stereocenters. The SMILES string of the molecule is CNC(=O)c1ccc(C(=O)O)cc1N. The first kappa shape index (κ1) is 10.0. The number of nitrogens with one attached hydrogen (secondary N) is 1. The standard InChI is InChI=1S/C9H10N2O3/c1-11-8(12)6-3-2-5(9(13)14)4-7(6)10/h2-4H,10H2,1H3,(H,11,12)(H,13,14). The van der Waals surface area contributed by atoms with Crippen molar-refractivity contribution in [3.63, 3.8) is 0 Å². The molecule has 0 saturated carbocycles. The van der Waals surface area contributed by atoms with Gasteiger partial charge in [0.2, 0.25) is 0 Å². The fourth-order valence-electron chi connectivity index (χ4n) is 1.04. The predicted molar refractivity (Wildman–Crippen MR) is 51.2 cm³/mol. The summed E-state index contributed by atoms with van der Waals surface area (Å²) in [6, 6.07) is 3.98. The molecular formula is C9H10N2O3. The predicted octanol–water partition coefficient (Wildman–Crippen LogP) is 0.327. The smallest absolute Gasteiger partial charge is 0.335 e. The molecule has 0 aromatic heterocycles. The molecule has 0 radical (unpaired) electrons. The Balaban J connectivity index is 3.14. The molecule has 5 heteroatoms. The summed E-state index contributed by atoms with van der Waals surface area (Å²) in [7, 11) is 1.48. The van der Waals surface area contributed by atoms with Crippen LogP contribution in [0.25, 0.3) is 0 Å². The minimum absolute atomic E-state index is 0.0650. The molecule has 0 bridgehead atoms. The van der Waals surface area contributed by atoms with Crippen molar-refractivity contribution in [1.82, 2.24) is 5.32 Å². The minimum Gasteiger partial charge on any atom is -0.478 e. The Hall–Kier alpha value is -2.04. The summed E-state index contributed by atoms with van der Waals surface area (Å²) in [5, 5.41) is 11.0. The van der Waals surface area contributed by atoms with Gasteiger partial charge < -0.3 is 16.2 Å². The zero-order chi connectivity index (χ0) is 10.7. The summed E-state index contributed by atoms with van der Waals surface area (Å²) in [6.07, 6.45) is 0. The molecule has 4 N–H and O–H groups in total. The van der Waals surface area contributed by atoms with Crippen molar-refractivity contribution in [1.29, 1.82) is 0 Å². The Bertz CT molecular complexity index is 388. The van der Waals surface area contributed by atoms with Gasteiger partial charge >= 0.3 is 5.97 Å². The molecule has 0 unspecified atom stereocenters. The van der Waals surface area contributed by atoms with Crippen LogP contribution in [0.5, 0.6) is 0 Å². The number of nitrogen functional groups attached to an aromatic ring is 1. The van der Waals surface area contributed by atoms with Crippen LogP contribution in [0.3, 0.4) is 0 Å². The minimum atomic E-state index is -1.07.